The average molecular weight is 667 g/mol. The summed E-state index contributed by atoms with van der Waals surface area (Å²) in [6.45, 7) is 5.03. The lowest BCUT2D eigenvalue weighted by molar-refractivity contribution is -0.383. The molecule has 1 aliphatic heterocycles. The number of aromatic nitrogens is 2. The average Bonchev–Trinajstić information content (AvgIpc) is 3.08. The zero-order chi connectivity index (χ0) is 33.9. The molecule has 5 rings (SSSR count). The van der Waals surface area contributed by atoms with Crippen molar-refractivity contribution in [2.45, 2.75) is 13.1 Å². The molecule has 3 heterocycles. The minimum atomic E-state index is -0.478. The van der Waals surface area contributed by atoms with Gasteiger partial charge < -0.3 is 29.2 Å². The Morgan fingerprint density at radius 3 is 1.31 bits per heavy atom. The summed E-state index contributed by atoms with van der Waals surface area (Å²) < 4.78 is 23.2. The third kappa shape index (κ3) is 8.85. The lowest BCUT2D eigenvalue weighted by Gasteiger charge is -2.24. The molecule has 4 aromatic rings. The molecule has 0 spiro atoms. The van der Waals surface area contributed by atoms with Gasteiger partial charge in [-0.3, -0.25) is 40.0 Å². The van der Waals surface area contributed by atoms with E-state index in [1.165, 1.54) is 24.5 Å². The standard InChI is InChI=1S/C32H38N6O10/c39-31-23(19-27(37(41)42)25-3-1-5-33-29(25)31)21-35-7-11-45-15-17-47-13-9-36(10-14-48-18-16-46-12-8-35)22-24-20-28(38(43)44)26-4-2-6-34-30(26)32(24)40/h1-6,19-20,39-40H,7-18,21-22H2. The van der Waals surface area contributed by atoms with Crippen LogP contribution >= 0.6 is 0 Å². The highest BCUT2D eigenvalue weighted by Gasteiger charge is 2.22. The number of nitro benzene ring substituents is 2. The number of ether oxygens (including phenoxy) is 4. The largest absolute Gasteiger partial charge is 0.505 e. The van der Waals surface area contributed by atoms with E-state index in [1.54, 1.807) is 24.3 Å². The fourth-order valence-corrected chi connectivity index (χ4v) is 5.51. The fraction of sp³-hybridized carbons (Fsp3) is 0.438. The number of phenols is 2. The topological polar surface area (TPSA) is 196 Å². The monoisotopic (exact) mass is 666 g/mol. The SMILES string of the molecule is O=[N+]([O-])c1cc(CN2CCOCCOCCN(Cc3cc([N+](=O)[O-])c4cccnc4c3O)CCOCCOCC2)c(O)c2ncccc12. The predicted molar refractivity (Wildman–Crippen MR) is 174 cm³/mol. The first-order chi connectivity index (χ1) is 23.3. The minimum Gasteiger partial charge on any atom is -0.505 e. The maximum atomic E-state index is 11.8. The summed E-state index contributed by atoms with van der Waals surface area (Å²) in [4.78, 5) is 34.9. The van der Waals surface area contributed by atoms with E-state index in [-0.39, 0.29) is 57.8 Å². The van der Waals surface area contributed by atoms with Crippen LogP contribution in [0.1, 0.15) is 11.1 Å². The second-order valence-corrected chi connectivity index (χ2v) is 11.1. The van der Waals surface area contributed by atoms with Gasteiger partial charge in [0.05, 0.1) is 73.5 Å². The molecule has 2 N–H and O–H groups in total. The Morgan fingerprint density at radius 1 is 0.625 bits per heavy atom. The summed E-state index contributed by atoms with van der Waals surface area (Å²) in [5.41, 5.74) is 0.870. The first-order valence-corrected chi connectivity index (χ1v) is 15.6. The van der Waals surface area contributed by atoms with E-state index >= 15 is 0 Å². The number of nitrogens with zero attached hydrogens (tertiary/aromatic N) is 6. The van der Waals surface area contributed by atoms with Crippen molar-refractivity contribution in [3.05, 3.63) is 80.1 Å². The molecule has 16 heteroatoms. The minimum absolute atomic E-state index is 0.0981. The Bertz CT molecular complexity index is 1580. The molecule has 2 aromatic carbocycles. The van der Waals surface area contributed by atoms with Gasteiger partial charge in [0.25, 0.3) is 11.4 Å². The van der Waals surface area contributed by atoms with Crippen molar-refractivity contribution in [3.8, 4) is 11.5 Å². The molecule has 0 saturated carbocycles. The number of hydrogen-bond donors (Lipinski definition) is 2. The number of benzene rings is 2. The molecule has 256 valence electrons. The maximum Gasteiger partial charge on any atom is 0.279 e. The number of non-ortho nitro benzene ring substituents is 2. The highest BCUT2D eigenvalue weighted by atomic mass is 16.6. The lowest BCUT2D eigenvalue weighted by Crippen LogP contribution is -2.32. The van der Waals surface area contributed by atoms with E-state index in [2.05, 4.69) is 9.97 Å². The quantitative estimate of drug-likeness (QED) is 0.224. The van der Waals surface area contributed by atoms with Crippen LogP contribution in [0.3, 0.4) is 0 Å². The van der Waals surface area contributed by atoms with Crippen molar-refractivity contribution in [3.63, 3.8) is 0 Å². The third-order valence-corrected chi connectivity index (χ3v) is 7.98. The van der Waals surface area contributed by atoms with Gasteiger partial charge in [0.15, 0.2) is 0 Å². The van der Waals surface area contributed by atoms with Crippen LogP contribution in [-0.2, 0) is 32.0 Å². The zero-order valence-corrected chi connectivity index (χ0v) is 26.4. The molecule has 48 heavy (non-hydrogen) atoms. The number of phenolic OH excluding ortho intramolecular Hbond substituents is 2. The van der Waals surface area contributed by atoms with Crippen molar-refractivity contribution in [2.24, 2.45) is 0 Å². The van der Waals surface area contributed by atoms with Gasteiger partial charge in [-0.2, -0.15) is 0 Å². The molecule has 0 atom stereocenters. The summed E-state index contributed by atoms with van der Waals surface area (Å²) >= 11 is 0. The van der Waals surface area contributed by atoms with Crippen molar-refractivity contribution < 1.29 is 39.0 Å². The van der Waals surface area contributed by atoms with Crippen LogP contribution in [0.4, 0.5) is 11.4 Å². The van der Waals surface area contributed by atoms with Crippen molar-refractivity contribution in [1.29, 1.82) is 0 Å². The summed E-state index contributed by atoms with van der Waals surface area (Å²) in [7, 11) is 0. The van der Waals surface area contributed by atoms with Gasteiger partial charge in [0.1, 0.15) is 22.5 Å². The molecule has 0 aliphatic carbocycles. The number of hydrogen-bond acceptors (Lipinski definition) is 14. The second-order valence-electron chi connectivity index (χ2n) is 11.1. The first-order valence-electron chi connectivity index (χ1n) is 15.6. The van der Waals surface area contributed by atoms with Crippen LogP contribution in [0, 0.1) is 20.2 Å². The molecule has 1 aliphatic rings. The van der Waals surface area contributed by atoms with Gasteiger partial charge in [0, 0.05) is 74.9 Å². The number of aromatic hydroxyl groups is 2. The van der Waals surface area contributed by atoms with E-state index in [0.717, 1.165) is 0 Å². The zero-order valence-electron chi connectivity index (χ0n) is 26.4. The maximum absolute atomic E-state index is 11.8. The van der Waals surface area contributed by atoms with Gasteiger partial charge in [-0.05, 0) is 24.3 Å². The lowest BCUT2D eigenvalue weighted by atomic mass is 10.1. The highest BCUT2D eigenvalue weighted by molar-refractivity contribution is 5.94. The van der Waals surface area contributed by atoms with E-state index in [4.69, 9.17) is 18.9 Å². The Morgan fingerprint density at radius 2 is 0.979 bits per heavy atom. The second kappa shape index (κ2) is 17.0. The van der Waals surface area contributed by atoms with E-state index in [1.807, 2.05) is 9.80 Å². The molecule has 2 aromatic heterocycles. The van der Waals surface area contributed by atoms with Crippen molar-refractivity contribution in [1.82, 2.24) is 19.8 Å². The summed E-state index contributed by atoms with van der Waals surface area (Å²) in [6.07, 6.45) is 2.97. The van der Waals surface area contributed by atoms with Crippen molar-refractivity contribution in [2.75, 3.05) is 79.0 Å². The first kappa shape index (κ1) is 34.7. The molecule has 0 bridgehead atoms. The number of fused-ring (bicyclic) bond motifs is 2. The summed E-state index contributed by atoms with van der Waals surface area (Å²) in [6, 6.07) is 9.07. The Hall–Kier alpha value is -4.58. The highest BCUT2D eigenvalue weighted by Crippen LogP contribution is 2.36. The molecule has 0 radical (unpaired) electrons. The van der Waals surface area contributed by atoms with Gasteiger partial charge >= 0.3 is 0 Å². The molecular weight excluding hydrogens is 628 g/mol. The molecule has 0 unspecified atom stereocenters. The number of rotatable bonds is 6. The van der Waals surface area contributed by atoms with Gasteiger partial charge in [-0.1, -0.05) is 0 Å². The Kier molecular flexibility index (Phi) is 12.3. The van der Waals surface area contributed by atoms with Crippen molar-refractivity contribution >= 4 is 33.2 Å². The number of nitro groups is 2. The van der Waals surface area contributed by atoms with E-state index in [9.17, 15) is 30.4 Å². The summed E-state index contributed by atoms with van der Waals surface area (Å²) in [5, 5.41) is 45.9. The fourth-order valence-electron chi connectivity index (χ4n) is 5.51. The summed E-state index contributed by atoms with van der Waals surface area (Å²) in [5.74, 6) is -0.196. The Balaban J connectivity index is 1.19. The van der Waals surface area contributed by atoms with Gasteiger partial charge in [-0.15, -0.1) is 0 Å². The van der Waals surface area contributed by atoms with Crippen LogP contribution in [0.15, 0.2) is 48.8 Å². The Labute approximate surface area is 275 Å². The van der Waals surface area contributed by atoms with E-state index in [0.29, 0.717) is 90.2 Å². The van der Waals surface area contributed by atoms with Crippen LogP contribution in [0.2, 0.25) is 0 Å². The molecule has 1 saturated heterocycles. The van der Waals surface area contributed by atoms with Crippen LogP contribution in [-0.4, -0.2) is 119 Å². The van der Waals surface area contributed by atoms with E-state index < -0.39 is 9.85 Å². The normalized spacial score (nSPS) is 17.2. The molecular formula is C32H38N6O10. The molecule has 16 nitrogen and oxygen atoms in total. The number of pyridine rings is 2. The predicted octanol–water partition coefficient (Wildman–Crippen LogP) is 3.39. The van der Waals surface area contributed by atoms with Gasteiger partial charge in [-0.25, -0.2) is 0 Å². The van der Waals surface area contributed by atoms with Crippen LogP contribution < -0.4 is 0 Å². The van der Waals surface area contributed by atoms with Gasteiger partial charge in [0.2, 0.25) is 0 Å². The van der Waals surface area contributed by atoms with Crippen LogP contribution in [0.5, 0.6) is 11.5 Å². The third-order valence-electron chi connectivity index (χ3n) is 7.98. The molecule has 0 amide bonds. The van der Waals surface area contributed by atoms with Crippen LogP contribution in [0.25, 0.3) is 21.8 Å². The smallest absolute Gasteiger partial charge is 0.279 e. The molecule has 1 fully saturated rings.